The largest absolute Gasteiger partial charge is 0.351 e. The number of nitrogens with one attached hydrogen (secondary N) is 1. The number of nitrogens with zero attached hydrogens (tertiary/aromatic N) is 1. The molecule has 0 aliphatic heterocycles. The molecule has 1 aromatic heterocycles. The third-order valence-corrected chi connectivity index (χ3v) is 1.93. The second-order valence-electron chi connectivity index (χ2n) is 3.11. The number of aromatic nitrogens is 1. The predicted molar refractivity (Wildman–Crippen MR) is 51.2 cm³/mol. The standard InChI is InChI=1S/C10H14N2O/c1-7-4-5-10(12-8(7)2)6-11-9(3)13/h4-5H,6H2,1-3H3,(H,11,13). The molecule has 70 valence electrons. The Labute approximate surface area is 78.2 Å². The quantitative estimate of drug-likeness (QED) is 0.742. The number of pyridine rings is 1. The van der Waals surface area contributed by atoms with E-state index < -0.39 is 0 Å². The molecule has 1 amide bonds. The van der Waals surface area contributed by atoms with Gasteiger partial charge in [0, 0.05) is 12.6 Å². The third kappa shape index (κ3) is 2.86. The van der Waals surface area contributed by atoms with Gasteiger partial charge in [0.1, 0.15) is 0 Å². The highest BCUT2D eigenvalue weighted by Crippen LogP contribution is 2.04. The molecule has 3 nitrogen and oxygen atoms in total. The topological polar surface area (TPSA) is 42.0 Å². The van der Waals surface area contributed by atoms with Crippen LogP contribution < -0.4 is 5.32 Å². The van der Waals surface area contributed by atoms with Crippen LogP contribution in [0.3, 0.4) is 0 Å². The minimum absolute atomic E-state index is 0.0278. The Morgan fingerprint density at radius 1 is 1.46 bits per heavy atom. The molecule has 0 saturated carbocycles. The second kappa shape index (κ2) is 4.03. The highest BCUT2D eigenvalue weighted by molar-refractivity contribution is 5.72. The minimum atomic E-state index is -0.0278. The van der Waals surface area contributed by atoms with Crippen molar-refractivity contribution in [1.29, 1.82) is 0 Å². The minimum Gasteiger partial charge on any atom is -0.351 e. The van der Waals surface area contributed by atoms with Gasteiger partial charge < -0.3 is 5.32 Å². The van der Waals surface area contributed by atoms with E-state index in [2.05, 4.69) is 10.3 Å². The van der Waals surface area contributed by atoms with E-state index in [1.807, 2.05) is 26.0 Å². The molecule has 0 atom stereocenters. The molecular formula is C10H14N2O. The van der Waals surface area contributed by atoms with E-state index in [1.165, 1.54) is 12.5 Å². The Balaban J connectivity index is 2.68. The van der Waals surface area contributed by atoms with Crippen LogP contribution in [0.25, 0.3) is 0 Å². The number of hydrogen-bond acceptors (Lipinski definition) is 2. The van der Waals surface area contributed by atoms with Gasteiger partial charge >= 0.3 is 0 Å². The molecule has 0 bridgehead atoms. The van der Waals surface area contributed by atoms with Gasteiger partial charge in [-0.2, -0.15) is 0 Å². The molecule has 0 aliphatic rings. The van der Waals surface area contributed by atoms with Crippen molar-refractivity contribution in [3.8, 4) is 0 Å². The molecule has 1 N–H and O–H groups in total. The van der Waals surface area contributed by atoms with Crippen molar-refractivity contribution >= 4 is 5.91 Å². The van der Waals surface area contributed by atoms with Crippen molar-refractivity contribution in [3.05, 3.63) is 29.1 Å². The van der Waals surface area contributed by atoms with Crippen LogP contribution in [0.2, 0.25) is 0 Å². The Kier molecular flexibility index (Phi) is 3.01. The number of carbonyl (C=O) groups excluding carboxylic acids is 1. The Morgan fingerprint density at radius 2 is 2.15 bits per heavy atom. The van der Waals surface area contributed by atoms with E-state index in [4.69, 9.17) is 0 Å². The monoisotopic (exact) mass is 178 g/mol. The normalized spacial score (nSPS) is 9.77. The van der Waals surface area contributed by atoms with E-state index in [0.717, 1.165) is 11.4 Å². The summed E-state index contributed by atoms with van der Waals surface area (Å²) in [5.74, 6) is -0.0278. The molecule has 0 aliphatic carbocycles. The van der Waals surface area contributed by atoms with Gasteiger partial charge in [-0.15, -0.1) is 0 Å². The molecule has 0 aromatic carbocycles. The lowest BCUT2D eigenvalue weighted by molar-refractivity contribution is -0.119. The van der Waals surface area contributed by atoms with E-state index in [9.17, 15) is 4.79 Å². The van der Waals surface area contributed by atoms with Gasteiger partial charge in [-0.3, -0.25) is 9.78 Å². The zero-order chi connectivity index (χ0) is 9.84. The van der Waals surface area contributed by atoms with Crippen LogP contribution in [0, 0.1) is 13.8 Å². The lowest BCUT2D eigenvalue weighted by Crippen LogP contribution is -2.19. The molecule has 3 heteroatoms. The van der Waals surface area contributed by atoms with Gasteiger partial charge in [-0.25, -0.2) is 0 Å². The summed E-state index contributed by atoms with van der Waals surface area (Å²) in [5, 5.41) is 2.71. The highest BCUT2D eigenvalue weighted by Gasteiger charge is 1.98. The highest BCUT2D eigenvalue weighted by atomic mass is 16.1. The van der Waals surface area contributed by atoms with Gasteiger partial charge in [-0.05, 0) is 25.5 Å². The number of amides is 1. The van der Waals surface area contributed by atoms with E-state index in [-0.39, 0.29) is 5.91 Å². The van der Waals surface area contributed by atoms with Crippen LogP contribution in [0.5, 0.6) is 0 Å². The summed E-state index contributed by atoms with van der Waals surface area (Å²) in [5.41, 5.74) is 3.09. The summed E-state index contributed by atoms with van der Waals surface area (Å²) in [4.78, 5) is 15.0. The molecule has 0 unspecified atom stereocenters. The average molecular weight is 178 g/mol. The SMILES string of the molecule is CC(=O)NCc1ccc(C)c(C)n1. The first-order valence-electron chi connectivity index (χ1n) is 4.27. The van der Waals surface area contributed by atoms with E-state index in [1.54, 1.807) is 0 Å². The maximum Gasteiger partial charge on any atom is 0.217 e. The molecule has 1 aromatic rings. The Hall–Kier alpha value is -1.38. The summed E-state index contributed by atoms with van der Waals surface area (Å²) < 4.78 is 0. The van der Waals surface area contributed by atoms with Gasteiger partial charge in [0.05, 0.1) is 12.2 Å². The van der Waals surface area contributed by atoms with Gasteiger partial charge in [0.2, 0.25) is 5.91 Å². The average Bonchev–Trinajstić information content (AvgIpc) is 2.07. The van der Waals surface area contributed by atoms with Crippen molar-refractivity contribution in [2.24, 2.45) is 0 Å². The van der Waals surface area contributed by atoms with E-state index >= 15 is 0 Å². The van der Waals surface area contributed by atoms with Crippen LogP contribution in [0.15, 0.2) is 12.1 Å². The fourth-order valence-electron chi connectivity index (χ4n) is 0.996. The third-order valence-electron chi connectivity index (χ3n) is 1.93. The zero-order valence-corrected chi connectivity index (χ0v) is 8.22. The maximum absolute atomic E-state index is 10.6. The van der Waals surface area contributed by atoms with Crippen LogP contribution in [0.1, 0.15) is 23.9 Å². The number of hydrogen-bond donors (Lipinski definition) is 1. The first-order valence-corrected chi connectivity index (χ1v) is 4.27. The summed E-state index contributed by atoms with van der Waals surface area (Å²) in [7, 11) is 0. The van der Waals surface area contributed by atoms with Crippen molar-refractivity contribution in [2.45, 2.75) is 27.3 Å². The maximum atomic E-state index is 10.6. The molecule has 0 radical (unpaired) electrons. The fourth-order valence-corrected chi connectivity index (χ4v) is 0.996. The Morgan fingerprint density at radius 3 is 2.69 bits per heavy atom. The lowest BCUT2D eigenvalue weighted by Gasteiger charge is -2.04. The number of rotatable bonds is 2. The first-order chi connectivity index (χ1) is 6.09. The van der Waals surface area contributed by atoms with Crippen molar-refractivity contribution in [2.75, 3.05) is 0 Å². The van der Waals surface area contributed by atoms with Gasteiger partial charge in [0.15, 0.2) is 0 Å². The molecule has 1 heterocycles. The Bertz CT molecular complexity index is 321. The molecule has 0 spiro atoms. The van der Waals surface area contributed by atoms with Crippen LogP contribution in [-0.2, 0) is 11.3 Å². The number of carbonyl (C=O) groups is 1. The van der Waals surface area contributed by atoms with Crippen LogP contribution in [0.4, 0.5) is 0 Å². The summed E-state index contributed by atoms with van der Waals surface area (Å²) in [6.45, 7) is 5.99. The second-order valence-corrected chi connectivity index (χ2v) is 3.11. The molecule has 0 saturated heterocycles. The molecule has 13 heavy (non-hydrogen) atoms. The summed E-state index contributed by atoms with van der Waals surface area (Å²) in [6.07, 6.45) is 0. The van der Waals surface area contributed by atoms with Crippen molar-refractivity contribution in [1.82, 2.24) is 10.3 Å². The van der Waals surface area contributed by atoms with Gasteiger partial charge in [0.25, 0.3) is 0 Å². The lowest BCUT2D eigenvalue weighted by atomic mass is 10.2. The smallest absolute Gasteiger partial charge is 0.217 e. The molecule has 1 rings (SSSR count). The predicted octanol–water partition coefficient (Wildman–Crippen LogP) is 1.33. The van der Waals surface area contributed by atoms with Crippen LogP contribution in [-0.4, -0.2) is 10.9 Å². The summed E-state index contributed by atoms with van der Waals surface area (Å²) in [6, 6.07) is 3.94. The summed E-state index contributed by atoms with van der Waals surface area (Å²) >= 11 is 0. The molecular weight excluding hydrogens is 164 g/mol. The van der Waals surface area contributed by atoms with Gasteiger partial charge in [-0.1, -0.05) is 6.07 Å². The van der Waals surface area contributed by atoms with Crippen molar-refractivity contribution in [3.63, 3.8) is 0 Å². The van der Waals surface area contributed by atoms with Crippen LogP contribution >= 0.6 is 0 Å². The first kappa shape index (κ1) is 9.71. The molecule has 0 fully saturated rings. The number of aryl methyl sites for hydroxylation is 2. The van der Waals surface area contributed by atoms with E-state index in [0.29, 0.717) is 6.54 Å². The van der Waals surface area contributed by atoms with Crippen molar-refractivity contribution < 1.29 is 4.79 Å². The fraction of sp³-hybridized carbons (Fsp3) is 0.400. The zero-order valence-electron chi connectivity index (χ0n) is 8.22.